The highest BCUT2D eigenvalue weighted by atomic mass is 35.5. The van der Waals surface area contributed by atoms with Crippen LogP contribution < -0.4 is 5.73 Å². The molecule has 0 aliphatic rings. The van der Waals surface area contributed by atoms with E-state index >= 15 is 0 Å². The Morgan fingerprint density at radius 1 is 0.958 bits per heavy atom. The summed E-state index contributed by atoms with van der Waals surface area (Å²) < 4.78 is 48.2. The second kappa shape index (κ2) is 7.17. The van der Waals surface area contributed by atoms with Gasteiger partial charge >= 0.3 is 6.18 Å². The minimum Gasteiger partial charge on any atom is -0.399 e. The summed E-state index contributed by atoms with van der Waals surface area (Å²) in [5.74, 6) is 0. The van der Waals surface area contributed by atoms with E-state index in [2.05, 4.69) is 0 Å². The molecule has 0 aromatic heterocycles. The summed E-state index contributed by atoms with van der Waals surface area (Å²) in [4.78, 5) is 0. The van der Waals surface area contributed by atoms with Gasteiger partial charge in [-0.15, -0.1) is 0 Å². The van der Waals surface area contributed by atoms with Crippen LogP contribution in [-0.4, -0.2) is 21.2 Å². The van der Waals surface area contributed by atoms with Crippen LogP contribution in [0, 0.1) is 0 Å². The van der Waals surface area contributed by atoms with Gasteiger partial charge in [0.05, 0.1) is 8.80 Å². The molecule has 129 valence electrons. The van der Waals surface area contributed by atoms with E-state index in [9.17, 15) is 13.2 Å². The van der Waals surface area contributed by atoms with Crippen molar-refractivity contribution in [2.75, 3.05) is 12.0 Å². The highest BCUT2D eigenvalue weighted by Crippen LogP contribution is 2.47. The van der Waals surface area contributed by atoms with Crippen molar-refractivity contribution in [2.45, 2.75) is 24.9 Å². The molecule has 0 bridgehead atoms. The lowest BCUT2D eigenvalue weighted by atomic mass is 9.85. The number of rotatable bonds is 5. The lowest BCUT2D eigenvalue weighted by Gasteiger charge is -2.37. The highest BCUT2D eigenvalue weighted by Gasteiger charge is 2.58. The topological polar surface area (TPSA) is 35.2 Å². The van der Waals surface area contributed by atoms with Gasteiger partial charge in [-0.25, -0.2) is 0 Å². The number of halogens is 4. The van der Waals surface area contributed by atoms with Gasteiger partial charge in [-0.05, 0) is 35.4 Å². The van der Waals surface area contributed by atoms with Gasteiger partial charge in [0.2, 0.25) is 5.60 Å². The first-order valence-electron chi connectivity index (χ1n) is 7.28. The van der Waals surface area contributed by atoms with Crippen molar-refractivity contribution in [3.05, 3.63) is 64.7 Å². The Morgan fingerprint density at radius 3 is 1.83 bits per heavy atom. The zero-order valence-corrected chi connectivity index (χ0v) is 15.1. The van der Waals surface area contributed by atoms with Crippen LogP contribution in [0.25, 0.3) is 0 Å². The number of nitrogen functional groups attached to an aromatic ring is 1. The third kappa shape index (κ3) is 3.76. The quantitative estimate of drug-likeness (QED) is 0.589. The number of hydrogen-bond acceptors (Lipinski definition) is 2. The summed E-state index contributed by atoms with van der Waals surface area (Å²) in [5.41, 5.74) is 3.46. The Bertz CT molecular complexity index is 626. The largest absolute Gasteiger partial charge is 0.425 e. The van der Waals surface area contributed by atoms with Crippen LogP contribution in [0.15, 0.2) is 48.5 Å². The molecule has 2 aromatic rings. The summed E-state index contributed by atoms with van der Waals surface area (Å²) >= 11 is 5.84. The molecule has 2 N–H and O–H groups in total. The van der Waals surface area contributed by atoms with Crippen LogP contribution in [0.5, 0.6) is 0 Å². The minimum absolute atomic E-state index is 0.00484. The molecular weight excluding hydrogens is 355 g/mol. The molecule has 0 fully saturated rings. The van der Waals surface area contributed by atoms with Gasteiger partial charge in [-0.2, -0.15) is 13.2 Å². The van der Waals surface area contributed by atoms with Gasteiger partial charge in [-0.3, -0.25) is 0 Å². The second-order valence-corrected chi connectivity index (χ2v) is 8.94. The van der Waals surface area contributed by atoms with Crippen LogP contribution >= 0.6 is 11.6 Å². The van der Waals surface area contributed by atoms with Gasteiger partial charge in [0.15, 0.2) is 0 Å². The summed E-state index contributed by atoms with van der Waals surface area (Å²) in [6.45, 7) is 3.80. The van der Waals surface area contributed by atoms with Crippen molar-refractivity contribution in [1.29, 1.82) is 0 Å². The Labute approximate surface area is 146 Å². The van der Waals surface area contributed by atoms with Crippen molar-refractivity contribution < 1.29 is 17.9 Å². The van der Waals surface area contributed by atoms with Crippen molar-refractivity contribution in [1.82, 2.24) is 0 Å². The van der Waals surface area contributed by atoms with E-state index in [0.29, 0.717) is 10.7 Å². The maximum atomic E-state index is 14.2. The predicted octanol–water partition coefficient (Wildman–Crippen LogP) is 5.04. The molecule has 0 spiro atoms. The SMILES string of the molecule is C[Si](C)COC(c1ccc(N)cc1)(c1ccc(Cl)cc1)C(F)(F)F. The van der Waals surface area contributed by atoms with E-state index < -0.39 is 20.6 Å². The molecule has 0 amide bonds. The maximum absolute atomic E-state index is 14.2. The minimum atomic E-state index is -4.64. The average molecular weight is 373 g/mol. The maximum Gasteiger partial charge on any atom is 0.425 e. The number of alkyl halides is 3. The fourth-order valence-electron chi connectivity index (χ4n) is 2.40. The lowest BCUT2D eigenvalue weighted by molar-refractivity contribution is -0.261. The summed E-state index contributed by atoms with van der Waals surface area (Å²) in [6, 6.07) is 11.2. The van der Waals surface area contributed by atoms with Crippen molar-refractivity contribution in [3.8, 4) is 0 Å². The first kappa shape index (κ1) is 18.8. The normalized spacial score (nSPS) is 14.6. The highest BCUT2D eigenvalue weighted by molar-refractivity contribution is 6.55. The standard InChI is InChI=1S/C17H18ClF3NOSi/c1-24(2)11-23-16(17(19,20)21,12-3-7-14(18)8-4-12)13-5-9-15(22)10-6-13/h3-10H,11,22H2,1-2H3. The fraction of sp³-hybridized carbons (Fsp3) is 0.294. The fourth-order valence-corrected chi connectivity index (χ4v) is 3.03. The Balaban J connectivity index is 2.68. The van der Waals surface area contributed by atoms with Crippen LogP contribution in [0.2, 0.25) is 18.1 Å². The molecule has 0 aliphatic carbocycles. The number of benzene rings is 2. The Morgan fingerprint density at radius 2 is 1.42 bits per heavy atom. The molecular formula is C17H18ClF3NOSi. The zero-order valence-electron chi connectivity index (χ0n) is 13.3. The third-order valence-corrected chi connectivity index (χ3v) is 4.52. The molecule has 1 unspecified atom stereocenters. The van der Waals surface area contributed by atoms with Crippen molar-refractivity contribution in [3.63, 3.8) is 0 Å². The first-order valence-corrected chi connectivity index (χ1v) is 10.4. The number of hydrogen-bond donors (Lipinski definition) is 1. The van der Waals surface area contributed by atoms with Gasteiger partial charge < -0.3 is 10.5 Å². The van der Waals surface area contributed by atoms with Crippen LogP contribution in [0.4, 0.5) is 18.9 Å². The van der Waals surface area contributed by atoms with Crippen molar-refractivity contribution in [2.24, 2.45) is 0 Å². The molecule has 0 saturated heterocycles. The summed E-state index contributed by atoms with van der Waals surface area (Å²) in [5, 5.41) is 0.364. The van der Waals surface area contributed by atoms with E-state index in [-0.39, 0.29) is 17.4 Å². The first-order chi connectivity index (χ1) is 11.2. The number of nitrogens with two attached hydrogens (primary N) is 1. The molecule has 2 nitrogen and oxygen atoms in total. The predicted molar refractivity (Wildman–Crippen MR) is 92.6 cm³/mol. The van der Waals surface area contributed by atoms with Gasteiger partial charge in [0.25, 0.3) is 0 Å². The molecule has 2 rings (SSSR count). The van der Waals surface area contributed by atoms with Crippen LogP contribution in [0.3, 0.4) is 0 Å². The van der Waals surface area contributed by atoms with Crippen LogP contribution in [-0.2, 0) is 10.3 Å². The molecule has 2 aromatic carbocycles. The van der Waals surface area contributed by atoms with Gasteiger partial charge in [0, 0.05) is 16.9 Å². The summed E-state index contributed by atoms with van der Waals surface area (Å²) in [6.07, 6.45) is -4.59. The lowest BCUT2D eigenvalue weighted by Crippen LogP contribution is -2.47. The monoisotopic (exact) mass is 372 g/mol. The molecule has 1 radical (unpaired) electrons. The molecule has 1 atom stereocenters. The molecule has 0 saturated carbocycles. The van der Waals surface area contributed by atoms with Crippen molar-refractivity contribution >= 4 is 26.1 Å². The molecule has 0 heterocycles. The van der Waals surface area contributed by atoms with Crippen LogP contribution in [0.1, 0.15) is 11.1 Å². The summed E-state index contributed by atoms with van der Waals surface area (Å²) in [7, 11) is -1.03. The van der Waals surface area contributed by atoms with Gasteiger partial charge in [-0.1, -0.05) is 49.0 Å². The number of ether oxygens (including phenoxy) is 1. The number of anilines is 1. The Kier molecular flexibility index (Phi) is 5.62. The second-order valence-electron chi connectivity index (χ2n) is 5.80. The smallest absolute Gasteiger partial charge is 0.399 e. The van der Waals surface area contributed by atoms with E-state index in [1.807, 2.05) is 13.1 Å². The Hall–Kier alpha value is -1.50. The van der Waals surface area contributed by atoms with E-state index in [4.69, 9.17) is 22.1 Å². The third-order valence-electron chi connectivity index (χ3n) is 3.54. The molecule has 24 heavy (non-hydrogen) atoms. The average Bonchev–Trinajstić information content (AvgIpc) is 2.49. The van der Waals surface area contributed by atoms with E-state index in [0.717, 1.165) is 0 Å². The molecule has 7 heteroatoms. The van der Waals surface area contributed by atoms with Gasteiger partial charge in [0.1, 0.15) is 0 Å². The van der Waals surface area contributed by atoms with E-state index in [1.165, 1.54) is 48.5 Å². The zero-order chi connectivity index (χ0) is 18.0. The molecule has 0 aliphatic heterocycles. The van der Waals surface area contributed by atoms with E-state index in [1.54, 1.807) is 0 Å².